The van der Waals surface area contributed by atoms with Crippen LogP contribution in [0.15, 0.2) is 54.9 Å². The van der Waals surface area contributed by atoms with E-state index in [1.807, 2.05) is 49.4 Å². The summed E-state index contributed by atoms with van der Waals surface area (Å²) >= 11 is 5.94. The first kappa shape index (κ1) is 15.8. The van der Waals surface area contributed by atoms with E-state index >= 15 is 0 Å². The third kappa shape index (κ3) is 3.45. The van der Waals surface area contributed by atoms with Gasteiger partial charge in [-0.2, -0.15) is 5.26 Å². The van der Waals surface area contributed by atoms with Crippen LogP contribution in [0, 0.1) is 18.3 Å². The molecule has 0 aliphatic heterocycles. The molecule has 0 amide bonds. The van der Waals surface area contributed by atoms with Crippen LogP contribution < -0.4 is 10.1 Å². The average molecular weight is 337 g/mol. The minimum Gasteiger partial charge on any atom is -0.439 e. The average Bonchev–Trinajstić information content (AvgIpc) is 2.58. The lowest BCUT2D eigenvalue weighted by molar-refractivity contribution is 0.462. The molecule has 0 aliphatic rings. The van der Waals surface area contributed by atoms with Crippen LogP contribution in [0.3, 0.4) is 0 Å². The van der Waals surface area contributed by atoms with Gasteiger partial charge < -0.3 is 10.1 Å². The summed E-state index contributed by atoms with van der Waals surface area (Å²) in [5.41, 5.74) is 2.56. The van der Waals surface area contributed by atoms with E-state index in [0.717, 1.165) is 17.0 Å². The first-order valence-corrected chi connectivity index (χ1v) is 7.56. The number of aryl methyl sites for hydroxylation is 1. The maximum Gasteiger partial charge on any atom is 0.219 e. The summed E-state index contributed by atoms with van der Waals surface area (Å²) in [7, 11) is 0. The van der Waals surface area contributed by atoms with E-state index in [4.69, 9.17) is 16.3 Å². The third-order valence-electron chi connectivity index (χ3n) is 3.34. The molecule has 1 N–H and O–H groups in total. The van der Waals surface area contributed by atoms with Crippen molar-refractivity contribution >= 4 is 23.0 Å². The molecule has 0 saturated carbocycles. The van der Waals surface area contributed by atoms with Crippen molar-refractivity contribution in [3.63, 3.8) is 0 Å². The molecule has 0 aliphatic carbocycles. The van der Waals surface area contributed by atoms with Crippen molar-refractivity contribution < 1.29 is 4.74 Å². The maximum absolute atomic E-state index is 9.20. The molecule has 0 radical (unpaired) electrons. The molecule has 3 rings (SSSR count). The van der Waals surface area contributed by atoms with E-state index in [1.165, 1.54) is 0 Å². The summed E-state index contributed by atoms with van der Waals surface area (Å²) in [5, 5.41) is 12.5. The van der Waals surface area contributed by atoms with Gasteiger partial charge in [0.2, 0.25) is 5.88 Å². The molecule has 2 aromatic heterocycles. The molecule has 1 aromatic carbocycles. The fraction of sp³-hybridized carbons (Fsp3) is 0.0556. The SMILES string of the molecule is Cc1cc(Oc2ccccc2)ncc1Nc1ccnc(Cl)c1C#N. The molecular weight excluding hydrogens is 324 g/mol. The zero-order valence-corrected chi connectivity index (χ0v) is 13.6. The van der Waals surface area contributed by atoms with Gasteiger partial charge in [-0.25, -0.2) is 9.97 Å². The Bertz CT molecular complexity index is 907. The van der Waals surface area contributed by atoms with Crippen molar-refractivity contribution in [2.24, 2.45) is 0 Å². The zero-order valence-electron chi connectivity index (χ0n) is 12.8. The summed E-state index contributed by atoms with van der Waals surface area (Å²) < 4.78 is 5.71. The monoisotopic (exact) mass is 336 g/mol. The van der Waals surface area contributed by atoms with E-state index in [1.54, 1.807) is 18.5 Å². The summed E-state index contributed by atoms with van der Waals surface area (Å²) in [6.07, 6.45) is 3.20. The minimum atomic E-state index is 0.164. The van der Waals surface area contributed by atoms with Crippen molar-refractivity contribution in [3.8, 4) is 17.7 Å². The van der Waals surface area contributed by atoms with E-state index in [-0.39, 0.29) is 5.15 Å². The Morgan fingerprint density at radius 3 is 2.62 bits per heavy atom. The summed E-state index contributed by atoms with van der Waals surface area (Å²) in [5.74, 6) is 1.22. The second-order valence-corrected chi connectivity index (χ2v) is 5.37. The Morgan fingerprint density at radius 1 is 1.12 bits per heavy atom. The van der Waals surface area contributed by atoms with Crippen molar-refractivity contribution in [3.05, 3.63) is 71.1 Å². The number of hydrogen-bond acceptors (Lipinski definition) is 5. The van der Waals surface area contributed by atoms with Crippen molar-refractivity contribution in [2.75, 3.05) is 5.32 Å². The fourth-order valence-corrected chi connectivity index (χ4v) is 2.32. The number of anilines is 2. The smallest absolute Gasteiger partial charge is 0.219 e. The van der Waals surface area contributed by atoms with Gasteiger partial charge in [0.15, 0.2) is 0 Å². The third-order valence-corrected chi connectivity index (χ3v) is 3.62. The Morgan fingerprint density at radius 2 is 1.92 bits per heavy atom. The highest BCUT2D eigenvalue weighted by Gasteiger charge is 2.10. The standard InChI is InChI=1S/C18H13ClN4O/c1-12-9-17(24-13-5-3-2-4-6-13)22-11-16(12)23-15-7-8-21-18(19)14(15)10-20/h2-9,11H,1H3,(H,21,23). The molecule has 0 unspecified atom stereocenters. The molecule has 0 fully saturated rings. The van der Waals surface area contributed by atoms with Gasteiger partial charge in [-0.15, -0.1) is 0 Å². The van der Waals surface area contributed by atoms with Gasteiger partial charge in [-0.05, 0) is 30.7 Å². The predicted octanol–water partition coefficient (Wildman–Crippen LogP) is 4.85. The van der Waals surface area contributed by atoms with Crippen molar-refractivity contribution in [1.82, 2.24) is 9.97 Å². The lowest BCUT2D eigenvalue weighted by Gasteiger charge is -2.12. The number of aromatic nitrogens is 2. The highest BCUT2D eigenvalue weighted by atomic mass is 35.5. The molecule has 0 bridgehead atoms. The second-order valence-electron chi connectivity index (χ2n) is 5.01. The molecule has 2 heterocycles. The number of ether oxygens (including phenoxy) is 1. The van der Waals surface area contributed by atoms with Crippen LogP contribution in [-0.4, -0.2) is 9.97 Å². The highest BCUT2D eigenvalue weighted by molar-refractivity contribution is 6.30. The zero-order chi connectivity index (χ0) is 16.9. The summed E-state index contributed by atoms with van der Waals surface area (Å²) in [6, 6.07) is 15.0. The van der Waals surface area contributed by atoms with Crippen molar-refractivity contribution in [1.29, 1.82) is 5.26 Å². The van der Waals surface area contributed by atoms with Crippen LogP contribution in [0.25, 0.3) is 0 Å². The van der Waals surface area contributed by atoms with E-state index in [2.05, 4.69) is 15.3 Å². The Balaban J connectivity index is 1.84. The van der Waals surface area contributed by atoms with Crippen LogP contribution in [0.4, 0.5) is 11.4 Å². The number of pyridine rings is 2. The second kappa shape index (κ2) is 6.99. The lowest BCUT2D eigenvalue weighted by Crippen LogP contribution is -1.99. The van der Waals surface area contributed by atoms with Crippen LogP contribution in [0.1, 0.15) is 11.1 Å². The number of hydrogen-bond donors (Lipinski definition) is 1. The molecular formula is C18H13ClN4O. The Labute approximate surface area is 144 Å². The van der Waals surface area contributed by atoms with Gasteiger partial charge in [-0.3, -0.25) is 0 Å². The summed E-state index contributed by atoms with van der Waals surface area (Å²) in [6.45, 7) is 1.93. The number of nitrogens with one attached hydrogen (secondary N) is 1. The number of rotatable bonds is 4. The molecule has 0 atom stereocenters. The maximum atomic E-state index is 9.20. The number of para-hydroxylation sites is 1. The van der Waals surface area contributed by atoms with E-state index < -0.39 is 0 Å². The quantitative estimate of drug-likeness (QED) is 0.690. The first-order chi connectivity index (χ1) is 11.7. The van der Waals surface area contributed by atoms with Gasteiger partial charge in [0.1, 0.15) is 22.5 Å². The summed E-state index contributed by atoms with van der Waals surface area (Å²) in [4.78, 5) is 8.20. The largest absolute Gasteiger partial charge is 0.439 e. The van der Waals surface area contributed by atoms with E-state index in [9.17, 15) is 5.26 Å². The fourth-order valence-electron chi connectivity index (χ4n) is 2.12. The first-order valence-electron chi connectivity index (χ1n) is 7.18. The molecule has 3 aromatic rings. The molecule has 0 spiro atoms. The van der Waals surface area contributed by atoms with Crippen molar-refractivity contribution in [2.45, 2.75) is 6.92 Å². The van der Waals surface area contributed by atoms with E-state index in [0.29, 0.717) is 17.1 Å². The van der Waals surface area contributed by atoms with Crippen LogP contribution in [-0.2, 0) is 0 Å². The van der Waals surface area contributed by atoms with Gasteiger partial charge >= 0.3 is 0 Å². The highest BCUT2D eigenvalue weighted by Crippen LogP contribution is 2.28. The van der Waals surface area contributed by atoms with Crippen LogP contribution in [0.5, 0.6) is 11.6 Å². The number of halogens is 1. The molecule has 6 heteroatoms. The topological polar surface area (TPSA) is 70.8 Å². The van der Waals surface area contributed by atoms with Gasteiger partial charge in [-0.1, -0.05) is 29.8 Å². The van der Waals surface area contributed by atoms with Crippen LogP contribution in [0.2, 0.25) is 5.15 Å². The van der Waals surface area contributed by atoms with Gasteiger partial charge in [0.05, 0.1) is 17.6 Å². The number of nitrogens with zero attached hydrogens (tertiary/aromatic N) is 3. The Hall–Kier alpha value is -3.10. The van der Waals surface area contributed by atoms with Gasteiger partial charge in [0.25, 0.3) is 0 Å². The Kier molecular flexibility index (Phi) is 4.59. The van der Waals surface area contributed by atoms with Gasteiger partial charge in [0, 0.05) is 12.3 Å². The molecule has 118 valence electrons. The molecule has 5 nitrogen and oxygen atoms in total. The van der Waals surface area contributed by atoms with Crippen LogP contribution >= 0.6 is 11.6 Å². The molecule has 0 saturated heterocycles. The minimum absolute atomic E-state index is 0.164. The number of nitriles is 1. The molecule has 24 heavy (non-hydrogen) atoms. The lowest BCUT2D eigenvalue weighted by atomic mass is 10.2. The normalized spacial score (nSPS) is 10.0. The predicted molar refractivity (Wildman–Crippen MR) is 92.7 cm³/mol. The number of benzene rings is 1.